The van der Waals surface area contributed by atoms with E-state index < -0.39 is 24.4 Å². The van der Waals surface area contributed by atoms with Crippen molar-refractivity contribution in [2.45, 2.75) is 81.9 Å². The summed E-state index contributed by atoms with van der Waals surface area (Å²) >= 11 is 0. The minimum atomic E-state index is -0.940. The van der Waals surface area contributed by atoms with Crippen molar-refractivity contribution in [3.05, 3.63) is 130 Å². The van der Waals surface area contributed by atoms with Gasteiger partial charge in [-0.2, -0.15) is 0 Å². The van der Waals surface area contributed by atoms with E-state index in [0.717, 1.165) is 45.8 Å². The molecule has 2 aliphatic carbocycles. The van der Waals surface area contributed by atoms with Crippen LogP contribution in [0.4, 0.5) is 11.6 Å². The number of carbonyl (C=O) groups is 1. The van der Waals surface area contributed by atoms with Crippen molar-refractivity contribution in [1.29, 1.82) is 0 Å². The topological polar surface area (TPSA) is 263 Å². The van der Waals surface area contributed by atoms with Gasteiger partial charge in [0.15, 0.2) is 0 Å². The summed E-state index contributed by atoms with van der Waals surface area (Å²) in [6.07, 6.45) is 6.77. The van der Waals surface area contributed by atoms with Gasteiger partial charge in [-0.15, -0.1) is 0 Å². The van der Waals surface area contributed by atoms with Crippen molar-refractivity contribution in [2.75, 3.05) is 11.1 Å². The van der Waals surface area contributed by atoms with Crippen LogP contribution in [0.1, 0.15) is 55.8 Å². The first-order chi connectivity index (χ1) is 30.4. The number of aliphatic hydroxyl groups excluding tert-OH is 4. The molecule has 324 valence electrons. The molecule has 0 saturated heterocycles. The Balaban J connectivity index is 0.000000161. The number of carbonyl (C=O) groups excluding carboxylic acids is 1. The van der Waals surface area contributed by atoms with Gasteiger partial charge in [0.25, 0.3) is 11.1 Å². The van der Waals surface area contributed by atoms with Crippen LogP contribution in [0.25, 0.3) is 43.9 Å². The maximum atomic E-state index is 12.0. The summed E-state index contributed by atoms with van der Waals surface area (Å²) < 4.78 is 3.60. The molecule has 0 spiro atoms. The maximum Gasteiger partial charge on any atom is 0.260 e. The summed E-state index contributed by atoms with van der Waals surface area (Å²) in [5.41, 5.74) is 10.2. The first-order valence-corrected chi connectivity index (χ1v) is 21.0. The smallest absolute Gasteiger partial charge is 0.260 e. The number of H-pyrrole nitrogens is 2. The van der Waals surface area contributed by atoms with E-state index in [1.54, 1.807) is 45.8 Å². The van der Waals surface area contributed by atoms with Gasteiger partial charge in [0.2, 0.25) is 5.91 Å². The molecule has 2 fully saturated rings. The first-order valence-electron chi connectivity index (χ1n) is 21.0. The molecular formula is C46H48N10O7. The number of amides is 1. The van der Waals surface area contributed by atoms with Crippen LogP contribution in [-0.2, 0) is 17.6 Å². The summed E-state index contributed by atoms with van der Waals surface area (Å²) in [4.78, 5) is 57.8. The summed E-state index contributed by atoms with van der Waals surface area (Å²) in [7, 11) is 0. The van der Waals surface area contributed by atoms with E-state index >= 15 is 0 Å². The van der Waals surface area contributed by atoms with E-state index in [4.69, 9.17) is 5.73 Å². The average Bonchev–Trinajstić information content (AvgIpc) is 4.04. The van der Waals surface area contributed by atoms with Crippen molar-refractivity contribution < 1.29 is 25.2 Å². The van der Waals surface area contributed by atoms with Gasteiger partial charge >= 0.3 is 0 Å². The number of nitrogen functional groups attached to an aromatic ring is 1. The summed E-state index contributed by atoms with van der Waals surface area (Å²) in [6.45, 7) is 1.45. The minimum Gasteiger partial charge on any atom is -0.390 e. The summed E-state index contributed by atoms with van der Waals surface area (Å²) in [6, 6.07) is 22.3. The van der Waals surface area contributed by atoms with Gasteiger partial charge in [-0.25, -0.2) is 19.9 Å². The van der Waals surface area contributed by atoms with Crippen molar-refractivity contribution in [1.82, 2.24) is 39.0 Å². The first kappa shape index (κ1) is 41.6. The normalized spacial score (nSPS) is 23.4. The molecule has 0 radical (unpaired) electrons. The Hall–Kier alpha value is -6.79. The molecule has 2 aliphatic rings. The summed E-state index contributed by atoms with van der Waals surface area (Å²) in [5, 5.41) is 48.5. The molecule has 10 rings (SSSR count). The van der Waals surface area contributed by atoms with Gasteiger partial charge in [0, 0.05) is 30.1 Å². The second kappa shape index (κ2) is 17.2. The average molecular weight is 853 g/mol. The molecular weight excluding hydrogens is 805 g/mol. The number of nitrogens with two attached hydrogens (primary N) is 1. The number of anilines is 2. The number of hydrogen-bond acceptors (Lipinski definition) is 12. The molecule has 8 aromatic rings. The van der Waals surface area contributed by atoms with Crippen molar-refractivity contribution in [2.24, 2.45) is 11.8 Å². The number of nitrogens with zero attached hydrogens (tertiary/aromatic N) is 6. The van der Waals surface area contributed by atoms with Gasteiger partial charge in [-0.3, -0.25) is 14.4 Å². The quantitative estimate of drug-likeness (QED) is 0.103. The predicted molar refractivity (Wildman–Crippen MR) is 238 cm³/mol. The lowest BCUT2D eigenvalue weighted by Gasteiger charge is -2.18. The number of aromatic amines is 2. The van der Waals surface area contributed by atoms with E-state index in [2.05, 4.69) is 41.3 Å². The lowest BCUT2D eigenvalue weighted by molar-refractivity contribution is -0.114. The van der Waals surface area contributed by atoms with Crippen LogP contribution < -0.4 is 22.2 Å². The predicted octanol–water partition coefficient (Wildman–Crippen LogP) is 3.92. The number of hydrogen-bond donors (Lipinski definition) is 8. The van der Waals surface area contributed by atoms with Crippen LogP contribution >= 0.6 is 0 Å². The van der Waals surface area contributed by atoms with Crippen molar-refractivity contribution >= 4 is 61.4 Å². The van der Waals surface area contributed by atoms with E-state index in [-0.39, 0.29) is 40.9 Å². The molecule has 6 heterocycles. The second-order valence-electron chi connectivity index (χ2n) is 16.7. The number of aliphatic hydroxyl groups is 4. The lowest BCUT2D eigenvalue weighted by atomic mass is 9.95. The summed E-state index contributed by atoms with van der Waals surface area (Å²) in [5.74, 6) is 0.670. The number of aromatic nitrogens is 8. The Labute approximate surface area is 359 Å². The SMILES string of the molecule is CC(=O)Nc1ccc2ccc(CC[C@H]3C[C@@H](n4ccc5c(=O)[nH]cnc54)[C@H](O)[C@@H]3O)cc2n1.Nc1ccc2ccc(CC[C@H]3C[C@@H](n4ccc5c(=O)[nH]cnc54)[C@H](O)[C@@H]3O)cc2n1. The zero-order valence-electron chi connectivity index (χ0n) is 34.4. The second-order valence-corrected chi connectivity index (χ2v) is 16.7. The molecule has 1 amide bonds. The van der Waals surface area contributed by atoms with Crippen LogP contribution in [0.15, 0.2) is 107 Å². The number of fused-ring (bicyclic) bond motifs is 4. The highest BCUT2D eigenvalue weighted by Gasteiger charge is 2.43. The molecule has 2 aromatic carbocycles. The van der Waals surface area contributed by atoms with E-state index in [1.807, 2.05) is 42.5 Å². The van der Waals surface area contributed by atoms with Crippen LogP contribution in [0, 0.1) is 11.8 Å². The molecule has 8 atom stereocenters. The molecule has 2 saturated carbocycles. The fraction of sp³-hybridized carbons (Fsp3) is 0.326. The van der Waals surface area contributed by atoms with E-state index in [9.17, 15) is 34.8 Å². The molecule has 17 nitrogen and oxygen atoms in total. The third-order valence-electron chi connectivity index (χ3n) is 12.7. The highest BCUT2D eigenvalue weighted by molar-refractivity contribution is 5.90. The van der Waals surface area contributed by atoms with Crippen molar-refractivity contribution in [3.63, 3.8) is 0 Å². The lowest BCUT2D eigenvalue weighted by Crippen LogP contribution is -2.29. The minimum absolute atomic E-state index is 0.0612. The Bertz CT molecular complexity index is 3090. The molecule has 0 bridgehead atoms. The largest absolute Gasteiger partial charge is 0.390 e. The zero-order valence-corrected chi connectivity index (χ0v) is 34.4. The fourth-order valence-corrected chi connectivity index (χ4v) is 9.43. The highest BCUT2D eigenvalue weighted by Crippen LogP contribution is 2.40. The number of benzene rings is 2. The number of rotatable bonds is 9. The molecule has 0 aliphatic heterocycles. The molecule has 17 heteroatoms. The zero-order chi connectivity index (χ0) is 43.9. The van der Waals surface area contributed by atoms with E-state index in [0.29, 0.717) is 59.4 Å². The third kappa shape index (κ3) is 8.30. The van der Waals surface area contributed by atoms with Gasteiger partial charge in [-0.1, -0.05) is 24.3 Å². The Morgan fingerprint density at radius 1 is 0.683 bits per heavy atom. The number of nitrogens with one attached hydrogen (secondary N) is 3. The van der Waals surface area contributed by atoms with Crippen LogP contribution in [0.3, 0.4) is 0 Å². The van der Waals surface area contributed by atoms with Crippen molar-refractivity contribution in [3.8, 4) is 0 Å². The van der Waals surface area contributed by atoms with Gasteiger partial charge in [-0.05, 0) is 110 Å². The monoisotopic (exact) mass is 852 g/mol. The molecule has 9 N–H and O–H groups in total. The van der Waals surface area contributed by atoms with Crippen LogP contribution in [-0.4, -0.2) is 89.8 Å². The Kier molecular flexibility index (Phi) is 11.3. The Morgan fingerprint density at radius 3 is 1.67 bits per heavy atom. The van der Waals surface area contributed by atoms with Gasteiger partial charge in [0.1, 0.15) is 35.1 Å². The number of pyridine rings is 2. The fourth-order valence-electron chi connectivity index (χ4n) is 9.43. The Morgan fingerprint density at radius 2 is 1.16 bits per heavy atom. The van der Waals surface area contributed by atoms with Crippen LogP contribution in [0.2, 0.25) is 0 Å². The number of aryl methyl sites for hydroxylation is 2. The molecule has 63 heavy (non-hydrogen) atoms. The van der Waals surface area contributed by atoms with Gasteiger partial charge < -0.3 is 50.6 Å². The third-order valence-corrected chi connectivity index (χ3v) is 12.7. The standard InChI is InChI=1S/C24H25N5O4.C22H23N5O3/c1-13(30)27-20-7-6-15-4-2-14(10-18(15)28-20)3-5-16-11-19(22(32)21(16)31)29-9-8-17-23(29)25-12-26-24(17)33;23-18-6-5-13-3-1-12(9-16(13)26-18)2-4-14-10-17(20(29)19(14)28)27-8-7-15-21(27)24-11-25-22(15)30/h2,4,6-10,12,16,19,21-22,31-32H,3,5,11H2,1H3,(H,25,26,33)(H,27,28,30);1,3,5-9,11,14,17,19-20,28-29H,2,4,10H2,(H2,23,26)(H,24,25,30)/t16-,19+,21+,22-;14-,17+,19+,20-/m00/s1. The highest BCUT2D eigenvalue weighted by atomic mass is 16.3. The van der Waals surface area contributed by atoms with Gasteiger partial charge in [0.05, 0.1) is 58.8 Å². The molecule has 0 unspecified atom stereocenters. The molecule has 6 aromatic heterocycles. The maximum absolute atomic E-state index is 12.0. The van der Waals surface area contributed by atoms with E-state index in [1.165, 1.54) is 19.6 Å². The van der Waals surface area contributed by atoms with Crippen LogP contribution in [0.5, 0.6) is 0 Å².